The summed E-state index contributed by atoms with van der Waals surface area (Å²) in [6.07, 6.45) is 3.20. The van der Waals surface area contributed by atoms with Gasteiger partial charge in [-0.3, -0.25) is 4.79 Å². The van der Waals surface area contributed by atoms with Crippen LogP contribution in [0.2, 0.25) is 0 Å². The van der Waals surface area contributed by atoms with Gasteiger partial charge in [0.15, 0.2) is 5.69 Å². The van der Waals surface area contributed by atoms with Gasteiger partial charge in [-0.25, -0.2) is 9.67 Å². The van der Waals surface area contributed by atoms with Crippen LogP contribution in [0.15, 0.2) is 30.6 Å². The topological polar surface area (TPSA) is 74.8 Å². The number of pyridine rings is 1. The molecule has 0 N–H and O–H groups in total. The molecule has 2 aromatic heterocycles. The molecule has 1 amide bonds. The first kappa shape index (κ1) is 11.8. The van der Waals surface area contributed by atoms with E-state index in [1.807, 2.05) is 6.07 Å². The molecule has 6 heteroatoms. The number of nitrogens with zero attached hydrogens (tertiary/aromatic N) is 5. The van der Waals surface area contributed by atoms with Gasteiger partial charge >= 0.3 is 0 Å². The lowest BCUT2D eigenvalue weighted by molar-refractivity contribution is 0.0821. The van der Waals surface area contributed by atoms with E-state index in [0.717, 1.165) is 0 Å². The molecular weight excluding hydrogens is 230 g/mol. The predicted octanol–water partition coefficient (Wildman–Crippen LogP) is 0.841. The molecule has 6 nitrogen and oxygen atoms in total. The highest BCUT2D eigenvalue weighted by Gasteiger charge is 2.11. The molecule has 0 saturated heterocycles. The fourth-order valence-electron chi connectivity index (χ4n) is 1.43. The SMILES string of the molecule is CN(C)C(=O)c1ccn(-c2ccnc(C#N)c2)n1. The third-order valence-corrected chi connectivity index (χ3v) is 2.34. The summed E-state index contributed by atoms with van der Waals surface area (Å²) in [4.78, 5) is 17.0. The van der Waals surface area contributed by atoms with Crippen LogP contribution in [0.1, 0.15) is 16.2 Å². The summed E-state index contributed by atoms with van der Waals surface area (Å²) in [5, 5.41) is 12.9. The zero-order valence-corrected chi connectivity index (χ0v) is 10.0. The molecule has 0 spiro atoms. The van der Waals surface area contributed by atoms with E-state index < -0.39 is 0 Å². The molecule has 2 rings (SSSR count). The number of carbonyl (C=O) groups is 1. The van der Waals surface area contributed by atoms with Crippen LogP contribution in [0.5, 0.6) is 0 Å². The Morgan fingerprint density at radius 2 is 2.22 bits per heavy atom. The smallest absolute Gasteiger partial charge is 0.273 e. The largest absolute Gasteiger partial charge is 0.343 e. The fourth-order valence-corrected chi connectivity index (χ4v) is 1.43. The Bertz CT molecular complexity index is 623. The summed E-state index contributed by atoms with van der Waals surface area (Å²) in [6.45, 7) is 0. The van der Waals surface area contributed by atoms with Crippen molar-refractivity contribution in [1.82, 2.24) is 19.7 Å². The third kappa shape index (κ3) is 2.20. The first-order valence-electron chi connectivity index (χ1n) is 5.25. The average Bonchev–Trinajstić information content (AvgIpc) is 2.87. The van der Waals surface area contributed by atoms with Gasteiger partial charge in [0.1, 0.15) is 11.8 Å². The maximum Gasteiger partial charge on any atom is 0.273 e. The number of hydrogen-bond acceptors (Lipinski definition) is 4. The minimum absolute atomic E-state index is 0.164. The lowest BCUT2D eigenvalue weighted by Crippen LogP contribution is -2.22. The fraction of sp³-hybridized carbons (Fsp3) is 0.167. The van der Waals surface area contributed by atoms with Crippen molar-refractivity contribution >= 4 is 5.91 Å². The maximum absolute atomic E-state index is 11.7. The first-order chi connectivity index (χ1) is 8.61. The van der Waals surface area contributed by atoms with Crippen molar-refractivity contribution in [1.29, 1.82) is 5.26 Å². The molecule has 0 saturated carbocycles. The molecule has 0 aromatic carbocycles. The first-order valence-corrected chi connectivity index (χ1v) is 5.25. The predicted molar refractivity (Wildman–Crippen MR) is 64.1 cm³/mol. The molecule has 0 fully saturated rings. The van der Waals surface area contributed by atoms with E-state index in [0.29, 0.717) is 17.1 Å². The highest BCUT2D eigenvalue weighted by molar-refractivity contribution is 5.91. The van der Waals surface area contributed by atoms with Crippen molar-refractivity contribution in [3.05, 3.63) is 42.0 Å². The molecule has 90 valence electrons. The van der Waals surface area contributed by atoms with Crippen LogP contribution in [-0.2, 0) is 0 Å². The summed E-state index contributed by atoms with van der Waals surface area (Å²) in [6, 6.07) is 6.92. The van der Waals surface area contributed by atoms with Crippen LogP contribution < -0.4 is 0 Å². The summed E-state index contributed by atoms with van der Waals surface area (Å²) in [5.41, 5.74) is 1.36. The van der Waals surface area contributed by atoms with Crippen LogP contribution in [0.4, 0.5) is 0 Å². The Kier molecular flexibility index (Phi) is 3.06. The molecule has 0 aliphatic heterocycles. The molecule has 18 heavy (non-hydrogen) atoms. The maximum atomic E-state index is 11.7. The average molecular weight is 241 g/mol. The van der Waals surface area contributed by atoms with Crippen molar-refractivity contribution in [2.75, 3.05) is 14.1 Å². The molecule has 2 heterocycles. The number of aromatic nitrogens is 3. The molecular formula is C12H11N5O. The van der Waals surface area contributed by atoms with Crippen LogP contribution in [0.25, 0.3) is 5.69 Å². The second-order valence-corrected chi connectivity index (χ2v) is 3.86. The second-order valence-electron chi connectivity index (χ2n) is 3.86. The molecule has 2 aromatic rings. The summed E-state index contributed by atoms with van der Waals surface area (Å²) in [5.74, 6) is -0.164. The molecule has 0 unspecified atom stereocenters. The van der Waals surface area contributed by atoms with Gasteiger partial charge in [-0.05, 0) is 12.1 Å². The van der Waals surface area contributed by atoms with Gasteiger partial charge in [-0.15, -0.1) is 0 Å². The van der Waals surface area contributed by atoms with Crippen LogP contribution >= 0.6 is 0 Å². The number of carbonyl (C=O) groups excluding carboxylic acids is 1. The molecule has 0 bridgehead atoms. The molecule has 0 aliphatic rings. The van der Waals surface area contributed by atoms with Gasteiger partial charge in [0.05, 0.1) is 5.69 Å². The second kappa shape index (κ2) is 4.67. The quantitative estimate of drug-likeness (QED) is 0.780. The standard InChI is InChI=1S/C12H11N5O/c1-16(2)12(18)11-4-6-17(15-11)10-3-5-14-9(7-10)8-13/h3-7H,1-2H3. The zero-order valence-electron chi connectivity index (χ0n) is 10.0. The number of hydrogen-bond donors (Lipinski definition) is 0. The minimum Gasteiger partial charge on any atom is -0.343 e. The van der Waals surface area contributed by atoms with Crippen molar-refractivity contribution in [3.8, 4) is 11.8 Å². The van der Waals surface area contributed by atoms with Gasteiger partial charge in [0.25, 0.3) is 5.91 Å². The highest BCUT2D eigenvalue weighted by Crippen LogP contribution is 2.08. The minimum atomic E-state index is -0.164. The summed E-state index contributed by atoms with van der Waals surface area (Å²) >= 11 is 0. The van der Waals surface area contributed by atoms with E-state index in [-0.39, 0.29) is 5.91 Å². The Morgan fingerprint density at radius 3 is 2.89 bits per heavy atom. The van der Waals surface area contributed by atoms with Crippen molar-refractivity contribution in [3.63, 3.8) is 0 Å². The Labute approximate surface area is 104 Å². The third-order valence-electron chi connectivity index (χ3n) is 2.34. The normalized spacial score (nSPS) is 9.83. The van der Waals surface area contributed by atoms with E-state index in [2.05, 4.69) is 10.1 Å². The van der Waals surface area contributed by atoms with Crippen molar-refractivity contribution in [2.45, 2.75) is 0 Å². The van der Waals surface area contributed by atoms with Gasteiger partial charge in [0.2, 0.25) is 0 Å². The van der Waals surface area contributed by atoms with Gasteiger partial charge in [-0.1, -0.05) is 0 Å². The van der Waals surface area contributed by atoms with Crippen LogP contribution in [0.3, 0.4) is 0 Å². The van der Waals surface area contributed by atoms with E-state index in [1.165, 1.54) is 11.1 Å². The molecule has 0 aliphatic carbocycles. The number of amides is 1. The van der Waals surface area contributed by atoms with E-state index in [9.17, 15) is 4.79 Å². The number of nitriles is 1. The molecule has 0 radical (unpaired) electrons. The van der Waals surface area contributed by atoms with Gasteiger partial charge < -0.3 is 4.90 Å². The van der Waals surface area contributed by atoms with Crippen molar-refractivity contribution < 1.29 is 4.79 Å². The van der Waals surface area contributed by atoms with Crippen LogP contribution in [-0.4, -0.2) is 39.7 Å². The Balaban J connectivity index is 2.35. The van der Waals surface area contributed by atoms with Crippen molar-refractivity contribution in [2.24, 2.45) is 0 Å². The van der Waals surface area contributed by atoms with Gasteiger partial charge in [-0.2, -0.15) is 10.4 Å². The molecule has 0 atom stereocenters. The van der Waals surface area contributed by atoms with E-state index in [1.54, 1.807) is 43.2 Å². The van der Waals surface area contributed by atoms with Gasteiger partial charge in [0, 0.05) is 32.6 Å². The highest BCUT2D eigenvalue weighted by atomic mass is 16.2. The summed E-state index contributed by atoms with van der Waals surface area (Å²) < 4.78 is 1.54. The Morgan fingerprint density at radius 1 is 1.44 bits per heavy atom. The van der Waals surface area contributed by atoms with E-state index >= 15 is 0 Å². The Hall–Kier alpha value is -2.68. The monoisotopic (exact) mass is 241 g/mol. The zero-order chi connectivity index (χ0) is 13.1. The van der Waals surface area contributed by atoms with E-state index in [4.69, 9.17) is 5.26 Å². The lowest BCUT2D eigenvalue weighted by atomic mass is 10.3. The van der Waals surface area contributed by atoms with Crippen LogP contribution in [0, 0.1) is 11.3 Å². The lowest BCUT2D eigenvalue weighted by Gasteiger charge is -2.07. The number of rotatable bonds is 2. The summed E-state index contributed by atoms with van der Waals surface area (Å²) in [7, 11) is 3.34.